The van der Waals surface area contributed by atoms with Gasteiger partial charge in [0.2, 0.25) is 10.0 Å². The average Bonchev–Trinajstić information content (AvgIpc) is 2.46. The third kappa shape index (κ3) is 4.42. The molecule has 2 rings (SSSR count). The highest BCUT2D eigenvalue weighted by molar-refractivity contribution is 7.89. The minimum absolute atomic E-state index is 0.172. The Labute approximate surface area is 136 Å². The maximum atomic E-state index is 11.8. The number of sulfonamides is 1. The van der Waals surface area contributed by atoms with Crippen molar-refractivity contribution < 1.29 is 13.3 Å². The first kappa shape index (κ1) is 17.7. The van der Waals surface area contributed by atoms with Crippen molar-refractivity contribution in [2.24, 2.45) is 17.0 Å². The molecule has 1 fully saturated rings. The number of nitro groups is 1. The number of hydrogen-bond acceptors (Lipinski definition) is 5. The topological polar surface area (TPSA) is 107 Å². The lowest BCUT2D eigenvalue weighted by Crippen LogP contribution is -2.35. The number of piperidine rings is 1. The van der Waals surface area contributed by atoms with Gasteiger partial charge in [-0.15, -0.1) is 0 Å². The predicted octanol–water partition coefficient (Wildman–Crippen LogP) is 2.50. The highest BCUT2D eigenvalue weighted by atomic mass is 32.2. The lowest BCUT2D eigenvalue weighted by molar-refractivity contribution is -0.385. The number of nitrogens with two attached hydrogens (primary N) is 1. The van der Waals surface area contributed by atoms with Crippen LogP contribution in [0.25, 0.3) is 0 Å². The Bertz CT molecular complexity index is 680. The van der Waals surface area contributed by atoms with E-state index in [0.717, 1.165) is 38.4 Å². The van der Waals surface area contributed by atoms with Gasteiger partial charge in [0.25, 0.3) is 5.69 Å². The van der Waals surface area contributed by atoms with E-state index in [-0.39, 0.29) is 10.6 Å². The minimum Gasteiger partial charge on any atom is -0.370 e. The fraction of sp³-hybridized carbons (Fsp3) is 0.600. The van der Waals surface area contributed by atoms with Gasteiger partial charge in [-0.05, 0) is 37.2 Å². The van der Waals surface area contributed by atoms with E-state index in [4.69, 9.17) is 5.14 Å². The first-order valence-electron chi connectivity index (χ1n) is 7.74. The molecular formula is C15H23N3O4S. The fourth-order valence-electron chi connectivity index (χ4n) is 3.18. The summed E-state index contributed by atoms with van der Waals surface area (Å²) in [6.07, 6.45) is 3.13. The van der Waals surface area contributed by atoms with Crippen molar-refractivity contribution >= 4 is 21.4 Å². The van der Waals surface area contributed by atoms with Gasteiger partial charge in [0.15, 0.2) is 0 Å². The van der Waals surface area contributed by atoms with Gasteiger partial charge in [-0.2, -0.15) is 0 Å². The van der Waals surface area contributed by atoms with Gasteiger partial charge in [0.05, 0.1) is 10.6 Å². The number of nitrogens with zero attached hydrogens (tertiary/aromatic N) is 2. The van der Waals surface area contributed by atoms with E-state index in [1.807, 2.05) is 4.90 Å². The molecule has 7 nitrogen and oxygen atoms in total. The number of rotatable bonds is 5. The molecule has 128 valence electrons. The van der Waals surface area contributed by atoms with Gasteiger partial charge < -0.3 is 4.90 Å². The fourth-order valence-corrected chi connectivity index (χ4v) is 3.96. The largest absolute Gasteiger partial charge is 0.370 e. The van der Waals surface area contributed by atoms with Crippen molar-refractivity contribution in [1.82, 2.24) is 0 Å². The Balaban J connectivity index is 2.25. The molecule has 0 amide bonds. The Kier molecular flexibility index (Phi) is 5.26. The molecular weight excluding hydrogens is 318 g/mol. The second-order valence-corrected chi connectivity index (χ2v) is 8.04. The first-order chi connectivity index (χ1) is 10.7. The highest BCUT2D eigenvalue weighted by Crippen LogP contribution is 2.33. The van der Waals surface area contributed by atoms with Crippen LogP contribution < -0.4 is 10.0 Å². The van der Waals surface area contributed by atoms with Crippen molar-refractivity contribution in [1.29, 1.82) is 0 Å². The zero-order valence-corrected chi connectivity index (χ0v) is 14.3. The lowest BCUT2D eigenvalue weighted by atomic mass is 9.88. The van der Waals surface area contributed by atoms with Gasteiger partial charge in [0.1, 0.15) is 4.90 Å². The number of hydrogen-bond donors (Lipinski definition) is 1. The van der Waals surface area contributed by atoms with E-state index in [2.05, 4.69) is 13.8 Å². The summed E-state index contributed by atoms with van der Waals surface area (Å²) in [4.78, 5) is 12.0. The monoisotopic (exact) mass is 341 g/mol. The van der Waals surface area contributed by atoms with Crippen molar-refractivity contribution in [3.63, 3.8) is 0 Å². The van der Waals surface area contributed by atoms with E-state index in [1.54, 1.807) is 0 Å². The Morgan fingerprint density at radius 2 is 1.96 bits per heavy atom. The summed E-state index contributed by atoms with van der Waals surface area (Å²) < 4.78 is 23.6. The number of benzene rings is 1. The van der Waals surface area contributed by atoms with Crippen LogP contribution in [-0.4, -0.2) is 26.4 Å². The van der Waals surface area contributed by atoms with Gasteiger partial charge in [0, 0.05) is 25.2 Å². The van der Waals surface area contributed by atoms with Crippen molar-refractivity contribution in [2.75, 3.05) is 18.0 Å². The SMILES string of the molecule is CC(C)CC1CCN(c2ccc([N+](=O)[O-])cc2S(N)(=O)=O)CC1. The second-order valence-electron chi connectivity index (χ2n) is 6.51. The molecule has 23 heavy (non-hydrogen) atoms. The Morgan fingerprint density at radius 3 is 2.43 bits per heavy atom. The molecule has 0 unspecified atom stereocenters. The van der Waals surface area contributed by atoms with Crippen LogP contribution in [0, 0.1) is 22.0 Å². The summed E-state index contributed by atoms with van der Waals surface area (Å²) in [7, 11) is -4.02. The molecule has 1 saturated heterocycles. The van der Waals surface area contributed by atoms with Crippen LogP contribution in [0.5, 0.6) is 0 Å². The van der Waals surface area contributed by atoms with Gasteiger partial charge in [-0.25, -0.2) is 13.6 Å². The summed E-state index contributed by atoms with van der Waals surface area (Å²) in [6, 6.07) is 3.86. The average molecular weight is 341 g/mol. The summed E-state index contributed by atoms with van der Waals surface area (Å²) in [5.74, 6) is 1.29. The zero-order valence-electron chi connectivity index (χ0n) is 13.4. The van der Waals surface area contributed by atoms with Crippen LogP contribution in [0.15, 0.2) is 23.1 Å². The molecule has 1 aromatic carbocycles. The summed E-state index contributed by atoms with van der Waals surface area (Å²) in [5, 5.41) is 16.1. The molecule has 0 saturated carbocycles. The third-order valence-corrected chi connectivity index (χ3v) is 5.16. The first-order valence-corrected chi connectivity index (χ1v) is 9.29. The summed E-state index contributed by atoms with van der Waals surface area (Å²) in [6.45, 7) is 5.86. The van der Waals surface area contributed by atoms with Crippen molar-refractivity contribution in [2.45, 2.75) is 38.0 Å². The van der Waals surface area contributed by atoms with Gasteiger partial charge in [-0.3, -0.25) is 10.1 Å². The van der Waals surface area contributed by atoms with Gasteiger partial charge in [-0.1, -0.05) is 13.8 Å². The summed E-state index contributed by atoms with van der Waals surface area (Å²) >= 11 is 0. The summed E-state index contributed by atoms with van der Waals surface area (Å²) in [5.41, 5.74) is 0.188. The van der Waals surface area contributed by atoms with Crippen molar-refractivity contribution in [3.05, 3.63) is 28.3 Å². The maximum Gasteiger partial charge on any atom is 0.270 e. The lowest BCUT2D eigenvalue weighted by Gasteiger charge is -2.35. The molecule has 1 aromatic rings. The molecule has 0 radical (unpaired) electrons. The number of anilines is 1. The minimum atomic E-state index is -4.02. The molecule has 0 spiro atoms. The Morgan fingerprint density at radius 1 is 1.35 bits per heavy atom. The van der Waals surface area contributed by atoms with Gasteiger partial charge >= 0.3 is 0 Å². The molecule has 8 heteroatoms. The molecule has 1 aliphatic heterocycles. The number of primary sulfonamides is 1. The van der Waals surface area contributed by atoms with Crippen LogP contribution in [0.2, 0.25) is 0 Å². The molecule has 2 N–H and O–H groups in total. The second kappa shape index (κ2) is 6.84. The third-order valence-electron chi connectivity index (χ3n) is 4.22. The van der Waals surface area contributed by atoms with Crippen LogP contribution in [0.1, 0.15) is 33.1 Å². The standard InChI is InChI=1S/C15H23N3O4S/c1-11(2)9-12-5-7-17(8-6-12)14-4-3-13(18(19)20)10-15(14)23(16,21)22/h3-4,10-12H,5-9H2,1-2H3,(H2,16,21,22). The van der Waals surface area contributed by atoms with E-state index in [9.17, 15) is 18.5 Å². The van der Waals surface area contributed by atoms with Crippen LogP contribution >= 0.6 is 0 Å². The van der Waals surface area contributed by atoms with E-state index >= 15 is 0 Å². The smallest absolute Gasteiger partial charge is 0.270 e. The van der Waals surface area contributed by atoms with Crippen LogP contribution in [-0.2, 0) is 10.0 Å². The quantitative estimate of drug-likeness (QED) is 0.654. The zero-order chi connectivity index (χ0) is 17.2. The molecule has 0 atom stereocenters. The van der Waals surface area contributed by atoms with Crippen LogP contribution in [0.4, 0.5) is 11.4 Å². The predicted molar refractivity (Wildman–Crippen MR) is 88.9 cm³/mol. The molecule has 0 bridgehead atoms. The van der Waals surface area contributed by atoms with Crippen LogP contribution in [0.3, 0.4) is 0 Å². The number of non-ortho nitro benzene ring substituents is 1. The molecule has 1 aliphatic rings. The molecule has 1 heterocycles. The normalized spacial score (nSPS) is 16.8. The Hall–Kier alpha value is -1.67. The maximum absolute atomic E-state index is 11.8. The van der Waals surface area contributed by atoms with E-state index < -0.39 is 14.9 Å². The van der Waals surface area contributed by atoms with Crippen molar-refractivity contribution in [3.8, 4) is 0 Å². The van der Waals surface area contributed by atoms with E-state index in [0.29, 0.717) is 17.5 Å². The number of nitro benzene ring substituents is 1. The molecule has 0 aromatic heterocycles. The molecule has 0 aliphatic carbocycles. The highest BCUT2D eigenvalue weighted by Gasteiger charge is 2.26. The van der Waals surface area contributed by atoms with E-state index in [1.165, 1.54) is 12.1 Å².